The average molecular weight is 467 g/mol. The first-order valence-electron chi connectivity index (χ1n) is 10.7. The van der Waals surface area contributed by atoms with Gasteiger partial charge in [-0.1, -0.05) is 35.1 Å². The number of para-hydroxylation sites is 1. The Labute approximate surface area is 196 Å². The summed E-state index contributed by atoms with van der Waals surface area (Å²) in [5.41, 5.74) is 4.91. The lowest BCUT2D eigenvalue weighted by Gasteiger charge is -2.18. The first-order chi connectivity index (χ1) is 15.9. The zero-order chi connectivity index (χ0) is 23.5. The van der Waals surface area contributed by atoms with Crippen molar-refractivity contribution in [2.24, 2.45) is 0 Å². The van der Waals surface area contributed by atoms with E-state index in [-0.39, 0.29) is 18.5 Å². The molecule has 1 amide bonds. The maximum atomic E-state index is 12.4. The fourth-order valence-electron chi connectivity index (χ4n) is 4.03. The number of esters is 1. The van der Waals surface area contributed by atoms with Crippen LogP contribution in [-0.4, -0.2) is 31.1 Å². The average Bonchev–Trinajstić information content (AvgIpc) is 3.39. The summed E-state index contributed by atoms with van der Waals surface area (Å²) in [5.74, 6) is 0.739. The van der Waals surface area contributed by atoms with Crippen LogP contribution in [0, 0.1) is 6.92 Å². The molecule has 3 aromatic rings. The van der Waals surface area contributed by atoms with Crippen molar-refractivity contribution in [1.29, 1.82) is 0 Å². The summed E-state index contributed by atoms with van der Waals surface area (Å²) in [5, 5.41) is 3.50. The van der Waals surface area contributed by atoms with Gasteiger partial charge in [-0.25, -0.2) is 9.78 Å². The minimum atomic E-state index is -0.374. The lowest BCUT2D eigenvalue weighted by atomic mass is 9.94. The van der Waals surface area contributed by atoms with Crippen LogP contribution in [0.25, 0.3) is 10.2 Å². The summed E-state index contributed by atoms with van der Waals surface area (Å²) >= 11 is 1.46. The highest BCUT2D eigenvalue weighted by atomic mass is 32.1. The van der Waals surface area contributed by atoms with Gasteiger partial charge in [-0.3, -0.25) is 4.79 Å². The first kappa shape index (κ1) is 22.8. The number of allylic oxidation sites excluding steroid dienone is 2. The van der Waals surface area contributed by atoms with Gasteiger partial charge in [-0.05, 0) is 44.4 Å². The number of anilines is 1. The minimum absolute atomic E-state index is 0.0758. The molecule has 1 N–H and O–H groups in total. The third kappa shape index (κ3) is 4.57. The quantitative estimate of drug-likeness (QED) is 0.363. The molecule has 7 nitrogen and oxygen atoms in total. The minimum Gasteiger partial charge on any atom is -0.496 e. The Kier molecular flexibility index (Phi) is 6.65. The van der Waals surface area contributed by atoms with Gasteiger partial charge < -0.3 is 19.5 Å². The first-order valence-corrected chi connectivity index (χ1v) is 11.5. The second-order valence-electron chi connectivity index (χ2n) is 7.89. The molecule has 0 atom stereocenters. The zero-order valence-electron chi connectivity index (χ0n) is 19.1. The molecule has 1 aromatic heterocycles. The van der Waals surface area contributed by atoms with Gasteiger partial charge in [0.1, 0.15) is 23.7 Å². The number of aromatic nitrogens is 1. The molecule has 0 aliphatic carbocycles. The predicted octanol–water partition coefficient (Wildman–Crippen LogP) is 5.20. The largest absolute Gasteiger partial charge is 0.496 e. The molecular weight excluding hydrogens is 440 g/mol. The summed E-state index contributed by atoms with van der Waals surface area (Å²) < 4.78 is 17.5. The normalized spacial score (nSPS) is 13.1. The van der Waals surface area contributed by atoms with E-state index in [9.17, 15) is 9.59 Å². The Morgan fingerprint density at radius 3 is 2.70 bits per heavy atom. The highest BCUT2D eigenvalue weighted by molar-refractivity contribution is 7.22. The summed E-state index contributed by atoms with van der Waals surface area (Å²) in [6, 6.07) is 7.79. The lowest BCUT2D eigenvalue weighted by Crippen LogP contribution is -2.11. The standard InChI is InChI=1S/C25H26N2O5S/c1-14(10-12-20(28)27-25-26-18-7-5-6-8-19(18)33-25)9-11-16-22(30-3)15(2)17-13-32-24(29)21(17)23(16)31-4/h5-9H,10-13H2,1-4H3,(H,26,27,28)/b14-9+. The number of rotatable bonds is 8. The van der Waals surface area contributed by atoms with Crippen molar-refractivity contribution in [1.82, 2.24) is 4.98 Å². The van der Waals surface area contributed by atoms with Crippen LogP contribution >= 0.6 is 11.3 Å². The number of benzene rings is 2. The molecule has 0 saturated heterocycles. The van der Waals surface area contributed by atoms with E-state index in [2.05, 4.69) is 10.3 Å². The predicted molar refractivity (Wildman–Crippen MR) is 128 cm³/mol. The van der Waals surface area contributed by atoms with Crippen molar-refractivity contribution in [3.8, 4) is 11.5 Å². The number of methoxy groups -OCH3 is 2. The van der Waals surface area contributed by atoms with Gasteiger partial charge in [0.25, 0.3) is 0 Å². The summed E-state index contributed by atoms with van der Waals surface area (Å²) in [6.07, 6.45) is 3.51. The maximum absolute atomic E-state index is 12.4. The molecule has 0 spiro atoms. The van der Waals surface area contributed by atoms with Crippen molar-refractivity contribution in [2.45, 2.75) is 39.7 Å². The summed E-state index contributed by atoms with van der Waals surface area (Å²) in [6.45, 7) is 4.13. The third-order valence-electron chi connectivity index (χ3n) is 5.77. The number of carbonyl (C=O) groups is 2. The highest BCUT2D eigenvalue weighted by Crippen LogP contribution is 2.42. The topological polar surface area (TPSA) is 86.8 Å². The Morgan fingerprint density at radius 1 is 1.21 bits per heavy atom. The molecule has 0 radical (unpaired) electrons. The Morgan fingerprint density at radius 2 is 1.97 bits per heavy atom. The number of hydrogen-bond donors (Lipinski definition) is 1. The van der Waals surface area contributed by atoms with Crippen LogP contribution in [0.5, 0.6) is 11.5 Å². The van der Waals surface area contributed by atoms with E-state index >= 15 is 0 Å². The van der Waals surface area contributed by atoms with E-state index in [1.807, 2.05) is 44.2 Å². The summed E-state index contributed by atoms with van der Waals surface area (Å²) in [7, 11) is 3.15. The molecule has 0 fully saturated rings. The van der Waals surface area contributed by atoms with Crippen LogP contribution in [0.2, 0.25) is 0 Å². The van der Waals surface area contributed by atoms with Crippen LogP contribution in [0.3, 0.4) is 0 Å². The number of ether oxygens (including phenoxy) is 3. The molecular formula is C25H26N2O5S. The van der Waals surface area contributed by atoms with Gasteiger partial charge in [0.2, 0.25) is 5.91 Å². The highest BCUT2D eigenvalue weighted by Gasteiger charge is 2.32. The summed E-state index contributed by atoms with van der Waals surface area (Å²) in [4.78, 5) is 29.1. The molecule has 2 aromatic carbocycles. The van der Waals surface area contributed by atoms with Crippen molar-refractivity contribution < 1.29 is 23.8 Å². The molecule has 33 heavy (non-hydrogen) atoms. The number of fused-ring (bicyclic) bond motifs is 2. The van der Waals surface area contributed by atoms with E-state index in [0.717, 1.165) is 32.5 Å². The van der Waals surface area contributed by atoms with Crippen LogP contribution in [-0.2, 0) is 22.6 Å². The second-order valence-corrected chi connectivity index (χ2v) is 8.92. The van der Waals surface area contributed by atoms with Crippen molar-refractivity contribution in [3.63, 3.8) is 0 Å². The van der Waals surface area contributed by atoms with Crippen molar-refractivity contribution in [2.75, 3.05) is 19.5 Å². The molecule has 0 unspecified atom stereocenters. The lowest BCUT2D eigenvalue weighted by molar-refractivity contribution is -0.116. The smallest absolute Gasteiger partial charge is 0.342 e. The van der Waals surface area contributed by atoms with Gasteiger partial charge in [-0.15, -0.1) is 0 Å². The van der Waals surface area contributed by atoms with Crippen LogP contribution in [0.1, 0.15) is 46.8 Å². The molecule has 0 bridgehead atoms. The fraction of sp³-hybridized carbons (Fsp3) is 0.320. The number of nitrogens with zero attached hydrogens (tertiary/aromatic N) is 1. The van der Waals surface area contributed by atoms with Gasteiger partial charge in [0.15, 0.2) is 5.13 Å². The number of nitrogens with one attached hydrogen (secondary N) is 1. The number of cyclic esters (lactones) is 1. The number of carbonyl (C=O) groups excluding carboxylic acids is 2. The monoisotopic (exact) mass is 466 g/mol. The van der Waals surface area contributed by atoms with Gasteiger partial charge in [-0.2, -0.15) is 0 Å². The molecule has 8 heteroatoms. The molecule has 2 heterocycles. The zero-order valence-corrected chi connectivity index (χ0v) is 19.9. The maximum Gasteiger partial charge on any atom is 0.342 e. The van der Waals surface area contributed by atoms with Crippen LogP contribution < -0.4 is 14.8 Å². The van der Waals surface area contributed by atoms with Crippen molar-refractivity contribution >= 4 is 38.6 Å². The van der Waals surface area contributed by atoms with E-state index in [4.69, 9.17) is 14.2 Å². The Hall–Kier alpha value is -3.39. The Balaban J connectivity index is 1.44. The van der Waals surface area contributed by atoms with Gasteiger partial charge in [0.05, 0.1) is 24.4 Å². The Bertz CT molecular complexity index is 1230. The van der Waals surface area contributed by atoms with E-state index in [0.29, 0.717) is 41.5 Å². The molecule has 0 saturated carbocycles. The fourth-order valence-corrected chi connectivity index (χ4v) is 4.91. The number of amides is 1. The molecule has 172 valence electrons. The SMILES string of the molecule is COc1c(C)c2c(c(OC)c1C/C=C(\C)CCC(=O)Nc1nc3ccccc3s1)C(=O)OC2. The van der Waals surface area contributed by atoms with Gasteiger partial charge in [0, 0.05) is 17.5 Å². The van der Waals surface area contributed by atoms with E-state index in [1.54, 1.807) is 14.2 Å². The molecule has 4 rings (SSSR count). The molecule has 1 aliphatic heterocycles. The number of thiazole rings is 1. The third-order valence-corrected chi connectivity index (χ3v) is 6.72. The van der Waals surface area contributed by atoms with E-state index in [1.165, 1.54) is 11.3 Å². The second kappa shape index (κ2) is 9.62. The van der Waals surface area contributed by atoms with Crippen LogP contribution in [0.4, 0.5) is 5.13 Å². The van der Waals surface area contributed by atoms with E-state index < -0.39 is 0 Å². The van der Waals surface area contributed by atoms with Gasteiger partial charge >= 0.3 is 5.97 Å². The van der Waals surface area contributed by atoms with Crippen LogP contribution in [0.15, 0.2) is 35.9 Å². The number of hydrogen-bond acceptors (Lipinski definition) is 7. The van der Waals surface area contributed by atoms with Crippen molar-refractivity contribution in [3.05, 3.63) is 58.2 Å². The molecule has 1 aliphatic rings.